The van der Waals surface area contributed by atoms with Gasteiger partial charge in [-0.2, -0.15) is 0 Å². The van der Waals surface area contributed by atoms with E-state index >= 15 is 0 Å². The van der Waals surface area contributed by atoms with Gasteiger partial charge in [-0.05, 0) is 53.8 Å². The molecule has 1 atom stereocenters. The van der Waals surface area contributed by atoms with Crippen molar-refractivity contribution in [3.8, 4) is 0 Å². The lowest BCUT2D eigenvalue weighted by Crippen LogP contribution is -2.52. The van der Waals surface area contributed by atoms with Gasteiger partial charge in [0.2, 0.25) is 11.8 Å². The Morgan fingerprint density at radius 2 is 1.44 bits per heavy atom. The Balaban J connectivity index is 1.58. The summed E-state index contributed by atoms with van der Waals surface area (Å²) in [6.45, 7) is 0.235. The van der Waals surface area contributed by atoms with Crippen molar-refractivity contribution in [1.82, 2.24) is 10.2 Å². The third-order valence-electron chi connectivity index (χ3n) is 6.79. The Morgan fingerprint density at radius 1 is 0.821 bits per heavy atom. The first-order valence-electron chi connectivity index (χ1n) is 12.9. The van der Waals surface area contributed by atoms with Gasteiger partial charge in [0.25, 0.3) is 0 Å². The number of halogens is 4. The molecule has 0 radical (unpaired) electrons. The minimum absolute atomic E-state index is 0.131. The fraction of sp³-hybridized carbons (Fsp3) is 0.333. The van der Waals surface area contributed by atoms with E-state index in [-0.39, 0.29) is 30.2 Å². The molecule has 0 spiro atoms. The number of nitrogens with one attached hydrogen (secondary N) is 1. The van der Waals surface area contributed by atoms with Gasteiger partial charge in [-0.3, -0.25) is 9.59 Å². The number of thioether (sulfide) groups is 1. The molecule has 39 heavy (non-hydrogen) atoms. The van der Waals surface area contributed by atoms with Crippen molar-refractivity contribution in [3.05, 3.63) is 104 Å². The standard InChI is InChI=1S/C30H30Cl4N2O2S/c31-24-12-10-21(14-26(24)33)17-36(29(37)19-39-18-22-11-13-25(32)27(34)15-22)28(16-20-6-2-1-3-7-20)30(38)35-23-8-4-5-9-23/h1-3,6-7,10-15,23,28H,4-5,8-9,16-19H2,(H,35,38)/t28-/m0/s1. The van der Waals surface area contributed by atoms with Crippen LogP contribution >= 0.6 is 58.2 Å². The van der Waals surface area contributed by atoms with Crippen LogP contribution in [0.2, 0.25) is 20.1 Å². The molecular formula is C30H30Cl4N2O2S. The van der Waals surface area contributed by atoms with E-state index in [1.807, 2.05) is 48.5 Å². The quantitative estimate of drug-likeness (QED) is 0.234. The van der Waals surface area contributed by atoms with E-state index in [0.29, 0.717) is 32.3 Å². The lowest BCUT2D eigenvalue weighted by atomic mass is 10.0. The zero-order valence-corrected chi connectivity index (χ0v) is 25.2. The van der Waals surface area contributed by atoms with Crippen LogP contribution in [0.25, 0.3) is 0 Å². The molecule has 0 heterocycles. The van der Waals surface area contributed by atoms with Crippen LogP contribution in [0.1, 0.15) is 42.4 Å². The molecule has 2 amide bonds. The number of hydrogen-bond donors (Lipinski definition) is 1. The maximum Gasteiger partial charge on any atom is 0.243 e. The SMILES string of the molecule is O=C(NC1CCCC1)[C@H](Cc1ccccc1)N(Cc1ccc(Cl)c(Cl)c1)C(=O)CSCc1ccc(Cl)c(Cl)c1. The van der Waals surface area contributed by atoms with Crippen molar-refractivity contribution in [2.45, 2.75) is 56.5 Å². The zero-order chi connectivity index (χ0) is 27.8. The molecule has 0 bridgehead atoms. The van der Waals surface area contributed by atoms with Crippen LogP contribution in [0.4, 0.5) is 0 Å². The number of nitrogens with zero attached hydrogens (tertiary/aromatic N) is 1. The van der Waals surface area contributed by atoms with E-state index in [2.05, 4.69) is 5.32 Å². The monoisotopic (exact) mass is 622 g/mol. The fourth-order valence-corrected chi connectivity index (χ4v) is 6.22. The first-order chi connectivity index (χ1) is 18.8. The number of hydrogen-bond acceptors (Lipinski definition) is 3. The molecule has 1 aliphatic rings. The van der Waals surface area contributed by atoms with Gasteiger partial charge < -0.3 is 10.2 Å². The van der Waals surface area contributed by atoms with E-state index < -0.39 is 6.04 Å². The van der Waals surface area contributed by atoms with Crippen LogP contribution in [0.3, 0.4) is 0 Å². The highest BCUT2D eigenvalue weighted by molar-refractivity contribution is 7.99. The molecule has 4 nitrogen and oxygen atoms in total. The molecule has 0 aliphatic heterocycles. The highest BCUT2D eigenvalue weighted by atomic mass is 35.5. The van der Waals surface area contributed by atoms with Crippen LogP contribution in [0.5, 0.6) is 0 Å². The Morgan fingerprint density at radius 3 is 2.08 bits per heavy atom. The maximum atomic E-state index is 13.8. The Labute approximate surface area is 254 Å². The number of carbonyl (C=O) groups excluding carboxylic acids is 2. The molecule has 3 aromatic carbocycles. The Bertz CT molecular complexity index is 1290. The van der Waals surface area contributed by atoms with Crippen LogP contribution < -0.4 is 5.32 Å². The normalized spacial score (nSPS) is 14.3. The van der Waals surface area contributed by atoms with Crippen LogP contribution in [0, 0.1) is 0 Å². The van der Waals surface area contributed by atoms with Crippen molar-refractivity contribution in [2.75, 3.05) is 5.75 Å². The van der Waals surface area contributed by atoms with E-state index in [4.69, 9.17) is 46.4 Å². The predicted molar refractivity (Wildman–Crippen MR) is 164 cm³/mol. The lowest BCUT2D eigenvalue weighted by Gasteiger charge is -2.32. The van der Waals surface area contributed by atoms with Crippen LogP contribution in [-0.2, 0) is 28.3 Å². The molecule has 9 heteroatoms. The molecule has 4 rings (SSSR count). The average molecular weight is 624 g/mol. The second kappa shape index (κ2) is 14.7. The van der Waals surface area contributed by atoms with E-state index in [1.54, 1.807) is 23.1 Å². The molecule has 3 aromatic rings. The molecule has 1 fully saturated rings. The van der Waals surface area contributed by atoms with Gasteiger partial charge in [-0.1, -0.05) is 102 Å². The summed E-state index contributed by atoms with van der Waals surface area (Å²) in [5.41, 5.74) is 2.76. The van der Waals surface area contributed by atoms with Crippen molar-refractivity contribution in [3.63, 3.8) is 0 Å². The summed E-state index contributed by atoms with van der Waals surface area (Å²) in [4.78, 5) is 29.2. The highest BCUT2D eigenvalue weighted by Crippen LogP contribution is 2.27. The molecule has 0 unspecified atom stereocenters. The van der Waals surface area contributed by atoms with Crippen molar-refractivity contribution < 1.29 is 9.59 Å². The van der Waals surface area contributed by atoms with Crippen molar-refractivity contribution in [2.24, 2.45) is 0 Å². The number of amides is 2. The molecule has 1 aliphatic carbocycles. The molecule has 0 aromatic heterocycles. The third kappa shape index (κ3) is 8.80. The largest absolute Gasteiger partial charge is 0.352 e. The van der Waals surface area contributed by atoms with E-state index in [1.165, 1.54) is 11.8 Å². The zero-order valence-electron chi connectivity index (χ0n) is 21.3. The highest BCUT2D eigenvalue weighted by Gasteiger charge is 2.32. The minimum Gasteiger partial charge on any atom is -0.352 e. The smallest absolute Gasteiger partial charge is 0.243 e. The van der Waals surface area contributed by atoms with Crippen molar-refractivity contribution in [1.29, 1.82) is 0 Å². The second-order valence-electron chi connectivity index (χ2n) is 9.71. The molecule has 1 N–H and O–H groups in total. The first kappa shape index (κ1) is 30.1. The minimum atomic E-state index is -0.680. The van der Waals surface area contributed by atoms with E-state index in [0.717, 1.165) is 42.4 Å². The number of carbonyl (C=O) groups is 2. The van der Waals surface area contributed by atoms with E-state index in [9.17, 15) is 9.59 Å². The predicted octanol–water partition coefficient (Wildman–Crippen LogP) is 8.23. The van der Waals surface area contributed by atoms with Crippen molar-refractivity contribution >= 4 is 70.0 Å². The van der Waals surface area contributed by atoms with Gasteiger partial charge in [0, 0.05) is 24.8 Å². The van der Waals surface area contributed by atoms with Gasteiger partial charge in [0.05, 0.1) is 25.8 Å². The fourth-order valence-electron chi connectivity index (χ4n) is 4.72. The lowest BCUT2D eigenvalue weighted by molar-refractivity contribution is -0.139. The van der Waals surface area contributed by atoms with Gasteiger partial charge in [0.1, 0.15) is 6.04 Å². The summed E-state index contributed by atoms with van der Waals surface area (Å²) in [7, 11) is 0. The second-order valence-corrected chi connectivity index (χ2v) is 12.3. The molecule has 206 valence electrons. The molecular weight excluding hydrogens is 594 g/mol. The Hall–Kier alpha value is -1.89. The number of benzene rings is 3. The topological polar surface area (TPSA) is 49.4 Å². The van der Waals surface area contributed by atoms with Crippen LogP contribution in [-0.4, -0.2) is 34.6 Å². The summed E-state index contributed by atoms with van der Waals surface area (Å²) in [5.74, 6) is 0.520. The summed E-state index contributed by atoms with van der Waals surface area (Å²) >= 11 is 26.1. The summed E-state index contributed by atoms with van der Waals surface area (Å²) < 4.78 is 0. The molecule has 1 saturated carbocycles. The Kier molecular flexibility index (Phi) is 11.3. The van der Waals surface area contributed by atoms with Gasteiger partial charge >= 0.3 is 0 Å². The van der Waals surface area contributed by atoms with Gasteiger partial charge in [-0.25, -0.2) is 0 Å². The van der Waals surface area contributed by atoms with Crippen LogP contribution in [0.15, 0.2) is 66.7 Å². The summed E-state index contributed by atoms with van der Waals surface area (Å²) in [5, 5.41) is 5.04. The molecule has 0 saturated heterocycles. The van der Waals surface area contributed by atoms with Gasteiger partial charge in [0.15, 0.2) is 0 Å². The first-order valence-corrected chi connectivity index (χ1v) is 15.6. The number of rotatable bonds is 11. The average Bonchev–Trinajstić information content (AvgIpc) is 3.43. The summed E-state index contributed by atoms with van der Waals surface area (Å²) in [6, 6.07) is 20.0. The van der Waals surface area contributed by atoms with Gasteiger partial charge in [-0.15, -0.1) is 11.8 Å². The summed E-state index contributed by atoms with van der Waals surface area (Å²) in [6.07, 6.45) is 4.54. The third-order valence-corrected chi connectivity index (χ3v) is 9.25. The maximum absolute atomic E-state index is 13.8.